The maximum Gasteiger partial charge on any atom is 0.319 e. The molecule has 0 spiro atoms. The molecule has 3 N–H and O–H groups in total. The second-order valence-electron chi connectivity index (χ2n) is 4.23. The molecule has 6 heteroatoms. The number of carbonyl (C=O) groups excluding carboxylic acids is 1. The first-order valence-electron chi connectivity index (χ1n) is 6.00. The zero-order valence-electron chi connectivity index (χ0n) is 11.1. The van der Waals surface area contributed by atoms with Crippen LogP contribution >= 0.6 is 11.8 Å². The second kappa shape index (κ2) is 8.01. The lowest BCUT2D eigenvalue weighted by Gasteiger charge is -2.17. The van der Waals surface area contributed by atoms with Crippen LogP contribution in [0.3, 0.4) is 0 Å². The van der Waals surface area contributed by atoms with E-state index in [-0.39, 0.29) is 18.5 Å². The van der Waals surface area contributed by atoms with Crippen molar-refractivity contribution in [2.24, 2.45) is 0 Å². The van der Waals surface area contributed by atoms with Gasteiger partial charge < -0.3 is 15.7 Å². The van der Waals surface area contributed by atoms with Gasteiger partial charge in [0.05, 0.1) is 0 Å². The molecule has 0 aliphatic heterocycles. The van der Waals surface area contributed by atoms with Crippen LogP contribution in [0.4, 0.5) is 14.9 Å². The lowest BCUT2D eigenvalue weighted by atomic mass is 10.2. The van der Waals surface area contributed by atoms with Crippen LogP contribution in [0.2, 0.25) is 0 Å². The van der Waals surface area contributed by atoms with Gasteiger partial charge in [0.15, 0.2) is 0 Å². The summed E-state index contributed by atoms with van der Waals surface area (Å²) >= 11 is 1.59. The summed E-state index contributed by atoms with van der Waals surface area (Å²) in [4.78, 5) is 11.7. The van der Waals surface area contributed by atoms with E-state index in [9.17, 15) is 9.18 Å². The van der Waals surface area contributed by atoms with Crippen molar-refractivity contribution in [2.45, 2.75) is 19.4 Å². The summed E-state index contributed by atoms with van der Waals surface area (Å²) in [5.41, 5.74) is 0.944. The van der Waals surface area contributed by atoms with Gasteiger partial charge in [0.25, 0.3) is 0 Å². The van der Waals surface area contributed by atoms with E-state index in [1.54, 1.807) is 30.8 Å². The van der Waals surface area contributed by atoms with Crippen molar-refractivity contribution < 1.29 is 14.3 Å². The number of urea groups is 1. The van der Waals surface area contributed by atoms with Crippen LogP contribution in [-0.4, -0.2) is 35.8 Å². The van der Waals surface area contributed by atoms with Crippen LogP contribution < -0.4 is 10.6 Å². The molecule has 106 valence electrons. The van der Waals surface area contributed by atoms with E-state index in [2.05, 4.69) is 10.6 Å². The van der Waals surface area contributed by atoms with Crippen molar-refractivity contribution in [1.29, 1.82) is 0 Å². The highest BCUT2D eigenvalue weighted by molar-refractivity contribution is 7.98. The van der Waals surface area contributed by atoms with Gasteiger partial charge in [-0.3, -0.25) is 0 Å². The quantitative estimate of drug-likeness (QED) is 0.752. The van der Waals surface area contributed by atoms with Crippen LogP contribution in [0.1, 0.15) is 12.0 Å². The van der Waals surface area contributed by atoms with E-state index in [0.29, 0.717) is 17.7 Å². The third-order valence-electron chi connectivity index (χ3n) is 2.61. The predicted octanol–water partition coefficient (Wildman–Crippen LogP) is 2.37. The third kappa shape index (κ3) is 5.48. The summed E-state index contributed by atoms with van der Waals surface area (Å²) in [6.45, 7) is 1.68. The van der Waals surface area contributed by atoms with Gasteiger partial charge in [-0.15, -0.1) is 0 Å². The van der Waals surface area contributed by atoms with Gasteiger partial charge in [0.2, 0.25) is 0 Å². The Morgan fingerprint density at radius 2 is 2.26 bits per heavy atom. The number of hydrogen-bond donors (Lipinski definition) is 3. The van der Waals surface area contributed by atoms with Gasteiger partial charge in [-0.05, 0) is 37.3 Å². The molecule has 1 rings (SSSR count). The van der Waals surface area contributed by atoms with Crippen molar-refractivity contribution in [3.63, 3.8) is 0 Å². The number of amides is 2. The number of anilines is 1. The van der Waals surface area contributed by atoms with Crippen LogP contribution in [0.5, 0.6) is 0 Å². The standard InChI is InChI=1S/C13H19FN2O2S/c1-9-3-4-10(7-12(9)14)15-13(18)16-11(5-6-17)8-19-2/h3-4,7,11,17H,5-6,8H2,1-2H3,(H2,15,16,18)/t11-/m1/s1. The summed E-state index contributed by atoms with van der Waals surface area (Å²) in [6.07, 6.45) is 2.43. The molecule has 0 radical (unpaired) electrons. The Morgan fingerprint density at radius 1 is 1.53 bits per heavy atom. The molecule has 0 saturated carbocycles. The number of halogens is 1. The van der Waals surface area contributed by atoms with Crippen molar-refractivity contribution in [3.8, 4) is 0 Å². The van der Waals surface area contributed by atoms with Gasteiger partial charge in [0, 0.05) is 24.1 Å². The topological polar surface area (TPSA) is 61.4 Å². The molecule has 4 nitrogen and oxygen atoms in total. The van der Waals surface area contributed by atoms with Crippen molar-refractivity contribution >= 4 is 23.5 Å². The minimum atomic E-state index is -0.393. The predicted molar refractivity (Wildman–Crippen MR) is 77.2 cm³/mol. The zero-order chi connectivity index (χ0) is 14.3. The van der Waals surface area contributed by atoms with Crippen LogP contribution in [0, 0.1) is 12.7 Å². The molecule has 0 fully saturated rings. The van der Waals surface area contributed by atoms with E-state index in [1.165, 1.54) is 6.07 Å². The van der Waals surface area contributed by atoms with Crippen molar-refractivity contribution in [3.05, 3.63) is 29.6 Å². The molecule has 0 saturated heterocycles. The molecule has 0 unspecified atom stereocenters. The number of aryl methyl sites for hydroxylation is 1. The smallest absolute Gasteiger partial charge is 0.319 e. The van der Waals surface area contributed by atoms with Gasteiger partial charge in [-0.1, -0.05) is 6.07 Å². The Balaban J connectivity index is 2.55. The first-order chi connectivity index (χ1) is 9.06. The fourth-order valence-electron chi connectivity index (χ4n) is 1.58. The van der Waals surface area contributed by atoms with Crippen molar-refractivity contribution in [1.82, 2.24) is 5.32 Å². The van der Waals surface area contributed by atoms with Crippen molar-refractivity contribution in [2.75, 3.05) is 23.9 Å². The SMILES string of the molecule is CSC[C@@H](CCO)NC(=O)Nc1ccc(C)c(F)c1. The van der Waals surface area contributed by atoms with Gasteiger partial charge >= 0.3 is 6.03 Å². The lowest BCUT2D eigenvalue weighted by molar-refractivity contribution is 0.241. The second-order valence-corrected chi connectivity index (χ2v) is 5.14. The number of benzene rings is 1. The molecule has 0 aliphatic rings. The zero-order valence-corrected chi connectivity index (χ0v) is 11.9. The first-order valence-corrected chi connectivity index (χ1v) is 7.39. The number of rotatable bonds is 6. The molecule has 0 aromatic heterocycles. The molecule has 2 amide bonds. The Hall–Kier alpha value is -1.27. The molecule has 1 atom stereocenters. The highest BCUT2D eigenvalue weighted by Gasteiger charge is 2.11. The minimum absolute atomic E-state index is 0.0185. The molecule has 19 heavy (non-hydrogen) atoms. The van der Waals surface area contributed by atoms with Gasteiger partial charge in [-0.25, -0.2) is 9.18 Å². The van der Waals surface area contributed by atoms with E-state index < -0.39 is 6.03 Å². The highest BCUT2D eigenvalue weighted by Crippen LogP contribution is 2.13. The van der Waals surface area contributed by atoms with Gasteiger partial charge in [-0.2, -0.15) is 11.8 Å². The maximum absolute atomic E-state index is 13.3. The fourth-order valence-corrected chi connectivity index (χ4v) is 2.23. The summed E-state index contributed by atoms with van der Waals surface area (Å²) in [5, 5.41) is 14.2. The number of carbonyl (C=O) groups is 1. The van der Waals surface area contributed by atoms with E-state index in [0.717, 1.165) is 5.75 Å². The molecule has 1 aromatic rings. The Morgan fingerprint density at radius 3 is 2.84 bits per heavy atom. The maximum atomic E-state index is 13.3. The Labute approximate surface area is 116 Å². The average molecular weight is 286 g/mol. The Bertz CT molecular complexity index is 423. The molecule has 0 heterocycles. The van der Waals surface area contributed by atoms with Crippen LogP contribution in [0.15, 0.2) is 18.2 Å². The average Bonchev–Trinajstić information content (AvgIpc) is 2.34. The fraction of sp³-hybridized carbons (Fsp3) is 0.462. The third-order valence-corrected chi connectivity index (χ3v) is 3.35. The molecular weight excluding hydrogens is 267 g/mol. The number of aliphatic hydroxyl groups excluding tert-OH is 1. The number of aliphatic hydroxyl groups is 1. The molecule has 0 aliphatic carbocycles. The summed E-state index contributed by atoms with van der Waals surface area (Å²) in [5.74, 6) is 0.366. The minimum Gasteiger partial charge on any atom is -0.396 e. The molecule has 0 bridgehead atoms. The first kappa shape index (κ1) is 15.8. The highest BCUT2D eigenvalue weighted by atomic mass is 32.2. The Kier molecular flexibility index (Phi) is 6.66. The summed E-state index contributed by atoms with van der Waals surface area (Å²) in [6, 6.07) is 4.04. The van der Waals surface area contributed by atoms with E-state index in [1.807, 2.05) is 6.26 Å². The lowest BCUT2D eigenvalue weighted by Crippen LogP contribution is -2.40. The number of nitrogens with one attached hydrogen (secondary N) is 2. The van der Waals surface area contributed by atoms with E-state index >= 15 is 0 Å². The summed E-state index contributed by atoms with van der Waals surface area (Å²) < 4.78 is 13.3. The molecular formula is C13H19FN2O2S. The normalized spacial score (nSPS) is 12.0. The number of thioether (sulfide) groups is 1. The molecule has 1 aromatic carbocycles. The monoisotopic (exact) mass is 286 g/mol. The van der Waals surface area contributed by atoms with Crippen LogP contribution in [-0.2, 0) is 0 Å². The van der Waals surface area contributed by atoms with Gasteiger partial charge in [0.1, 0.15) is 5.82 Å². The van der Waals surface area contributed by atoms with Crippen LogP contribution in [0.25, 0.3) is 0 Å². The van der Waals surface area contributed by atoms with E-state index in [4.69, 9.17) is 5.11 Å². The largest absolute Gasteiger partial charge is 0.396 e. The number of hydrogen-bond acceptors (Lipinski definition) is 3. The summed E-state index contributed by atoms with van der Waals surface area (Å²) in [7, 11) is 0.